The highest BCUT2D eigenvalue weighted by Gasteiger charge is 2.49. The minimum Gasteiger partial charge on any atom is -0.370 e. The Bertz CT molecular complexity index is 2000. The third-order valence-electron chi connectivity index (χ3n) is 9.61. The lowest BCUT2D eigenvalue weighted by Gasteiger charge is -2.49. The minimum absolute atomic E-state index is 0.0174. The predicted octanol–water partition coefficient (Wildman–Crippen LogP) is -4.75. The summed E-state index contributed by atoms with van der Waals surface area (Å²) in [5.74, 6) is -6.11. The van der Waals surface area contributed by atoms with E-state index >= 15 is 0 Å². The minimum atomic E-state index is -1.43. The van der Waals surface area contributed by atoms with Crippen LogP contribution in [0.3, 0.4) is 0 Å². The summed E-state index contributed by atoms with van der Waals surface area (Å²) in [4.78, 5) is 119. The molecule has 6 atom stereocenters. The lowest BCUT2D eigenvalue weighted by Crippen LogP contribution is -2.69. The highest BCUT2D eigenvalue weighted by Crippen LogP contribution is 2.32. The van der Waals surface area contributed by atoms with Crippen LogP contribution in [0.25, 0.3) is 10.9 Å². The number of aromatic amines is 1. The standard InChI is InChI=1S/C36H53N15O8S/c1-18(52)46-23(9-5-11-44-36(41)42)31(56)47-24(12-19-14-45-22-8-3-2-6-20(19)22)32(57)48-25-17-60-29-16-50(34(59)26(13-27(38)53)51(29)33(25)58)15-28(54)49-30(55)21(37)7-4-10-43-35(39)40/h2-3,6,8,14,21,23-26,29,45H,4-5,7,9-13,15-17,37H2,1H3,(H2,38,53)(H,46,52)(H,47,56)(H,48,57)(H4,39,40,43)(H4,41,42,44)(H,49,54,55)/t21-,23-,24-,25+,26+,29?/m0/s1. The molecule has 2 saturated heterocycles. The molecule has 60 heavy (non-hydrogen) atoms. The number of carbonyl (C=O) groups is 8. The number of para-hydroxylation sites is 1. The largest absolute Gasteiger partial charge is 0.370 e. The number of aromatic nitrogens is 1. The summed E-state index contributed by atoms with van der Waals surface area (Å²) >= 11 is 1.18. The van der Waals surface area contributed by atoms with E-state index in [4.69, 9.17) is 34.4 Å². The highest BCUT2D eigenvalue weighted by molar-refractivity contribution is 8.00. The summed E-state index contributed by atoms with van der Waals surface area (Å²) in [6, 6.07) is 1.32. The van der Waals surface area contributed by atoms with Gasteiger partial charge in [-0.2, -0.15) is 0 Å². The van der Waals surface area contributed by atoms with Crippen molar-refractivity contribution in [3.05, 3.63) is 36.0 Å². The number of H-pyrrole nitrogens is 1. The van der Waals surface area contributed by atoms with Crippen LogP contribution in [0.2, 0.25) is 0 Å². The fraction of sp³-hybridized carbons (Fsp3) is 0.500. The number of piperazine rings is 1. The van der Waals surface area contributed by atoms with Gasteiger partial charge in [0.25, 0.3) is 0 Å². The maximum Gasteiger partial charge on any atom is 0.247 e. The van der Waals surface area contributed by atoms with Gasteiger partial charge in [-0.3, -0.25) is 53.7 Å². The van der Waals surface area contributed by atoms with Gasteiger partial charge in [-0.05, 0) is 37.3 Å². The van der Waals surface area contributed by atoms with Crippen LogP contribution in [0.4, 0.5) is 0 Å². The van der Waals surface area contributed by atoms with Crippen LogP contribution < -0.4 is 55.7 Å². The summed E-state index contributed by atoms with van der Waals surface area (Å²) in [5, 5.41) is 10.2. The second-order valence-corrected chi connectivity index (χ2v) is 15.5. The number of primary amides is 1. The number of nitrogens with two attached hydrogens (primary N) is 6. The molecule has 0 bridgehead atoms. The van der Waals surface area contributed by atoms with Gasteiger partial charge in [0.05, 0.1) is 24.4 Å². The number of nitrogens with zero attached hydrogens (tertiary/aromatic N) is 4. The van der Waals surface area contributed by atoms with Crippen LogP contribution >= 0.6 is 11.8 Å². The summed E-state index contributed by atoms with van der Waals surface area (Å²) in [7, 11) is 0. The van der Waals surface area contributed by atoms with E-state index in [2.05, 4.69) is 36.2 Å². The average molecular weight is 856 g/mol. The van der Waals surface area contributed by atoms with E-state index in [-0.39, 0.29) is 56.6 Å². The van der Waals surface area contributed by atoms with Crippen LogP contribution in [0, 0.1) is 0 Å². The number of benzene rings is 1. The summed E-state index contributed by atoms with van der Waals surface area (Å²) in [6.45, 7) is 0.932. The topological polar surface area (TPSA) is 388 Å². The average Bonchev–Trinajstić information content (AvgIpc) is 3.58. The molecule has 3 heterocycles. The molecule has 0 radical (unpaired) electrons. The van der Waals surface area contributed by atoms with Crippen molar-refractivity contribution in [2.24, 2.45) is 44.4 Å². The van der Waals surface area contributed by atoms with Crippen LogP contribution in [0.15, 0.2) is 40.4 Å². The van der Waals surface area contributed by atoms with E-state index in [9.17, 15) is 38.4 Å². The molecule has 2 aromatic rings. The fourth-order valence-corrected chi connectivity index (χ4v) is 8.13. The molecule has 8 amide bonds. The van der Waals surface area contributed by atoms with Crippen molar-refractivity contribution in [3.63, 3.8) is 0 Å². The van der Waals surface area contributed by atoms with E-state index < -0.39 is 95.8 Å². The van der Waals surface area contributed by atoms with Gasteiger partial charge in [-0.15, -0.1) is 11.8 Å². The summed E-state index contributed by atoms with van der Waals surface area (Å²) in [5.41, 5.74) is 34.3. The van der Waals surface area contributed by atoms with Crippen molar-refractivity contribution < 1.29 is 38.4 Å². The maximum absolute atomic E-state index is 14.1. The van der Waals surface area contributed by atoms with Crippen molar-refractivity contribution in [1.82, 2.24) is 36.1 Å². The number of guanidine groups is 2. The Balaban J connectivity index is 1.49. The van der Waals surface area contributed by atoms with Crippen LogP contribution in [-0.2, 0) is 44.8 Å². The van der Waals surface area contributed by atoms with Crippen molar-refractivity contribution in [3.8, 4) is 0 Å². The first-order valence-corrected chi connectivity index (χ1v) is 20.1. The third-order valence-corrected chi connectivity index (χ3v) is 10.9. The van der Waals surface area contributed by atoms with Crippen molar-refractivity contribution in [2.45, 2.75) is 81.0 Å². The van der Waals surface area contributed by atoms with Gasteiger partial charge in [0, 0.05) is 49.3 Å². The number of aliphatic imine (C=N–C) groups is 2. The van der Waals surface area contributed by atoms with Gasteiger partial charge in [0.2, 0.25) is 47.3 Å². The number of rotatable bonds is 20. The SMILES string of the molecule is CC(=O)N[C@@H](CCCN=C(N)N)C(=O)N[C@@H](Cc1c[nH]c2ccccc12)C(=O)N[C@@H]1CSC2CN(CC(=O)NC(=O)[C@@H](N)CCCN=C(N)N)C(=O)[C@@H](CC(N)=O)N2C1=O. The number of imide groups is 1. The van der Waals surface area contributed by atoms with Gasteiger partial charge in [0.1, 0.15) is 30.7 Å². The number of thioether (sulfide) groups is 1. The molecule has 2 fully saturated rings. The molecule has 24 heteroatoms. The molecule has 2 aliphatic heterocycles. The Labute approximate surface area is 348 Å². The number of fused-ring (bicyclic) bond motifs is 2. The molecule has 1 aromatic heterocycles. The molecular weight excluding hydrogens is 803 g/mol. The lowest BCUT2D eigenvalue weighted by molar-refractivity contribution is -0.157. The van der Waals surface area contributed by atoms with Gasteiger partial charge in [-0.25, -0.2) is 0 Å². The molecular formula is C36H53N15O8S. The third kappa shape index (κ3) is 13.0. The van der Waals surface area contributed by atoms with Gasteiger partial charge < -0.3 is 65.1 Å². The zero-order valence-corrected chi connectivity index (χ0v) is 33.9. The van der Waals surface area contributed by atoms with Crippen molar-refractivity contribution in [1.29, 1.82) is 0 Å². The predicted molar refractivity (Wildman–Crippen MR) is 222 cm³/mol. The Kier molecular flexibility index (Phi) is 16.6. The zero-order valence-electron chi connectivity index (χ0n) is 33.1. The number of hydrogen-bond acceptors (Lipinski definition) is 12. The van der Waals surface area contributed by atoms with Crippen molar-refractivity contribution >= 4 is 81.8 Å². The van der Waals surface area contributed by atoms with E-state index in [1.54, 1.807) is 6.20 Å². The molecule has 326 valence electrons. The molecule has 23 nitrogen and oxygen atoms in total. The van der Waals surface area contributed by atoms with E-state index in [0.29, 0.717) is 18.4 Å². The number of carbonyl (C=O) groups excluding carboxylic acids is 8. The van der Waals surface area contributed by atoms with Gasteiger partial charge >= 0.3 is 0 Å². The number of nitrogens with one attached hydrogen (secondary N) is 5. The van der Waals surface area contributed by atoms with Crippen LogP contribution in [0.5, 0.6) is 0 Å². The Morgan fingerprint density at radius 2 is 1.55 bits per heavy atom. The van der Waals surface area contributed by atoms with Crippen LogP contribution in [-0.4, -0.2) is 141 Å². The molecule has 0 spiro atoms. The molecule has 0 aliphatic carbocycles. The van der Waals surface area contributed by atoms with Crippen LogP contribution in [0.1, 0.15) is 44.6 Å². The first-order valence-electron chi connectivity index (χ1n) is 19.1. The van der Waals surface area contributed by atoms with E-state index in [1.165, 1.54) is 23.6 Å². The molecule has 0 saturated carbocycles. The molecule has 1 aromatic carbocycles. The Morgan fingerprint density at radius 3 is 2.20 bits per heavy atom. The number of hydrogen-bond donors (Lipinski definition) is 11. The van der Waals surface area contributed by atoms with Gasteiger partial charge in [0.15, 0.2) is 11.9 Å². The Morgan fingerprint density at radius 1 is 0.883 bits per heavy atom. The summed E-state index contributed by atoms with van der Waals surface area (Å²) < 4.78 is 0. The molecule has 17 N–H and O–H groups in total. The van der Waals surface area contributed by atoms with Crippen molar-refractivity contribution in [2.75, 3.05) is 31.9 Å². The Hall–Kier alpha value is -6.43. The molecule has 1 unspecified atom stereocenters. The highest BCUT2D eigenvalue weighted by atomic mass is 32.2. The second-order valence-electron chi connectivity index (χ2n) is 14.3. The first-order chi connectivity index (χ1) is 28.4. The normalized spacial score (nSPS) is 18.9. The fourth-order valence-electron chi connectivity index (χ4n) is 6.79. The zero-order chi connectivity index (χ0) is 44.1. The van der Waals surface area contributed by atoms with Gasteiger partial charge in [-0.1, -0.05) is 18.2 Å². The lowest BCUT2D eigenvalue weighted by atomic mass is 10.0. The quantitative estimate of drug-likeness (QED) is 0.0339. The summed E-state index contributed by atoms with van der Waals surface area (Å²) in [6.07, 6.45) is 2.08. The number of amides is 8. The smallest absolute Gasteiger partial charge is 0.247 e. The monoisotopic (exact) mass is 855 g/mol. The molecule has 2 aliphatic rings. The second kappa shape index (κ2) is 21.5. The first kappa shape index (κ1) is 46.3. The maximum atomic E-state index is 14.1. The van der Waals surface area contributed by atoms with E-state index in [0.717, 1.165) is 15.8 Å². The van der Waals surface area contributed by atoms with E-state index in [1.807, 2.05) is 24.3 Å². The molecule has 4 rings (SSSR count).